The van der Waals surface area contributed by atoms with E-state index < -0.39 is 0 Å². The van der Waals surface area contributed by atoms with Crippen LogP contribution in [0.1, 0.15) is 57.8 Å². The third kappa shape index (κ3) is 3.97. The molecule has 0 N–H and O–H groups in total. The number of thiophene rings is 1. The summed E-state index contributed by atoms with van der Waals surface area (Å²) in [5, 5.41) is 0.500. The van der Waals surface area contributed by atoms with Gasteiger partial charge in [0.2, 0.25) is 5.89 Å². The Balaban J connectivity index is 1.43. The van der Waals surface area contributed by atoms with Crippen molar-refractivity contribution in [1.82, 2.24) is 19.4 Å². The molecular weight excluding hydrogens is 443 g/mol. The maximum absolute atomic E-state index is 13.6. The average molecular weight is 467 g/mol. The molecule has 7 nitrogen and oxygen atoms in total. The Hall–Kier alpha value is -3.33. The van der Waals surface area contributed by atoms with E-state index in [1.165, 1.54) is 34.4 Å². The van der Waals surface area contributed by atoms with Crippen LogP contribution in [-0.4, -0.2) is 31.9 Å². The van der Waals surface area contributed by atoms with E-state index in [0.29, 0.717) is 45.3 Å². The molecule has 0 radical (unpaired) electrons. The van der Waals surface area contributed by atoms with Crippen molar-refractivity contribution in [2.24, 2.45) is 7.05 Å². The lowest BCUT2D eigenvalue weighted by Crippen LogP contribution is -2.38. The van der Waals surface area contributed by atoms with Gasteiger partial charge in [-0.3, -0.25) is 9.59 Å². The van der Waals surface area contributed by atoms with Crippen LogP contribution in [0.2, 0.25) is 0 Å². The molecule has 5 rings (SSSR count). The highest BCUT2D eigenvalue weighted by atomic mass is 32.1. The third-order valence-electron chi connectivity index (χ3n) is 6.12. The van der Waals surface area contributed by atoms with Crippen molar-refractivity contribution in [1.29, 1.82) is 0 Å². The molecule has 0 unspecified atom stereocenters. The van der Waals surface area contributed by atoms with E-state index >= 15 is 0 Å². The molecule has 1 amide bonds. The summed E-state index contributed by atoms with van der Waals surface area (Å²) in [7, 11) is 1.65. The van der Waals surface area contributed by atoms with Gasteiger partial charge in [0.25, 0.3) is 11.5 Å². The number of carbonyl (C=O) groups excluding carboxylic acids is 1. The summed E-state index contributed by atoms with van der Waals surface area (Å²) in [5.41, 5.74) is 1.44. The van der Waals surface area contributed by atoms with E-state index in [9.17, 15) is 14.0 Å². The Morgan fingerprint density at radius 3 is 2.82 bits per heavy atom. The van der Waals surface area contributed by atoms with Crippen molar-refractivity contribution in [2.75, 3.05) is 6.54 Å². The highest BCUT2D eigenvalue weighted by Crippen LogP contribution is 2.35. The largest absolute Gasteiger partial charge is 0.443 e. The lowest BCUT2D eigenvalue weighted by molar-refractivity contribution is 0.0574. The molecule has 1 aromatic carbocycles. The number of hydrogen-bond acceptors (Lipinski definition) is 6. The summed E-state index contributed by atoms with van der Waals surface area (Å²) in [6, 6.07) is 6.01. The predicted molar refractivity (Wildman–Crippen MR) is 123 cm³/mol. The maximum Gasteiger partial charge on any atom is 0.264 e. The van der Waals surface area contributed by atoms with Gasteiger partial charge in [-0.25, -0.2) is 14.4 Å². The second kappa shape index (κ2) is 8.55. The Morgan fingerprint density at radius 1 is 1.24 bits per heavy atom. The maximum atomic E-state index is 13.6. The van der Waals surface area contributed by atoms with Crippen molar-refractivity contribution in [3.8, 4) is 0 Å². The average Bonchev–Trinajstić information content (AvgIpc) is 3.42. The fourth-order valence-corrected chi connectivity index (χ4v) is 5.43. The van der Waals surface area contributed by atoms with Gasteiger partial charge >= 0.3 is 0 Å². The number of piperidine rings is 1. The zero-order chi connectivity index (χ0) is 23.1. The molecule has 170 valence electrons. The molecule has 1 atom stereocenters. The summed E-state index contributed by atoms with van der Waals surface area (Å²) < 4.78 is 20.6. The van der Waals surface area contributed by atoms with E-state index in [1.54, 1.807) is 37.2 Å². The van der Waals surface area contributed by atoms with Gasteiger partial charge in [-0.15, -0.1) is 11.3 Å². The molecule has 1 saturated heterocycles. The van der Waals surface area contributed by atoms with Gasteiger partial charge in [-0.2, -0.15) is 0 Å². The summed E-state index contributed by atoms with van der Waals surface area (Å²) in [5.74, 6) is 0.770. The van der Waals surface area contributed by atoms with Crippen LogP contribution in [-0.2, 0) is 13.5 Å². The topological polar surface area (TPSA) is 81.2 Å². The van der Waals surface area contributed by atoms with Crippen LogP contribution in [0, 0.1) is 12.7 Å². The zero-order valence-corrected chi connectivity index (χ0v) is 19.2. The van der Waals surface area contributed by atoms with Gasteiger partial charge in [0, 0.05) is 20.0 Å². The first-order valence-corrected chi connectivity index (χ1v) is 11.7. The van der Waals surface area contributed by atoms with Gasteiger partial charge in [-0.1, -0.05) is 12.1 Å². The standard InChI is InChI=1S/C24H23FN4O3S/c1-14-19-22(27-13-28(2)23(19)30)33-20(14)24(31)29-10-4-3-5-18(29)21-26-12-17(32-21)11-15-6-8-16(25)9-7-15/h6-9,12-13,18H,3-5,10-11H2,1-2H3/t18-/m0/s1. The van der Waals surface area contributed by atoms with Gasteiger partial charge < -0.3 is 13.9 Å². The molecule has 3 aromatic heterocycles. The first-order chi connectivity index (χ1) is 15.9. The molecule has 33 heavy (non-hydrogen) atoms. The quantitative estimate of drug-likeness (QED) is 0.446. The highest BCUT2D eigenvalue weighted by Gasteiger charge is 2.34. The lowest BCUT2D eigenvalue weighted by atomic mass is 10.0. The third-order valence-corrected chi connectivity index (χ3v) is 7.30. The molecule has 0 saturated carbocycles. The Labute approximate surface area is 193 Å². The van der Waals surface area contributed by atoms with Gasteiger partial charge in [0.05, 0.1) is 22.8 Å². The minimum absolute atomic E-state index is 0.125. The number of likely N-dealkylation sites (tertiary alicyclic amines) is 1. The number of oxazole rings is 1. The van der Waals surface area contributed by atoms with Crippen molar-refractivity contribution < 1.29 is 13.6 Å². The summed E-state index contributed by atoms with van der Waals surface area (Å²) in [4.78, 5) is 37.9. The normalized spacial score (nSPS) is 16.5. The fraction of sp³-hybridized carbons (Fsp3) is 0.333. The second-order valence-electron chi connectivity index (χ2n) is 8.38. The molecule has 0 bridgehead atoms. The van der Waals surface area contributed by atoms with E-state index in [0.717, 1.165) is 24.8 Å². The first kappa shape index (κ1) is 21.5. The number of aryl methyl sites for hydroxylation is 2. The zero-order valence-electron chi connectivity index (χ0n) is 18.4. The number of rotatable bonds is 4. The highest BCUT2D eigenvalue weighted by molar-refractivity contribution is 7.20. The van der Waals surface area contributed by atoms with Crippen molar-refractivity contribution in [3.05, 3.63) is 80.6 Å². The van der Waals surface area contributed by atoms with E-state index in [1.807, 2.05) is 0 Å². The van der Waals surface area contributed by atoms with Gasteiger partial charge in [0.1, 0.15) is 22.4 Å². The van der Waals surface area contributed by atoms with Crippen molar-refractivity contribution in [2.45, 2.75) is 38.6 Å². The number of aromatic nitrogens is 3. The summed E-state index contributed by atoms with van der Waals surface area (Å²) in [6.07, 6.45) is 6.28. The van der Waals surface area contributed by atoms with Crippen LogP contribution in [0.15, 0.2) is 46.0 Å². The Bertz CT molecular complexity index is 1390. The first-order valence-electron chi connectivity index (χ1n) is 10.9. The van der Waals surface area contributed by atoms with Crippen LogP contribution >= 0.6 is 11.3 Å². The minimum atomic E-state index is -0.280. The Kier molecular flexibility index (Phi) is 5.57. The summed E-state index contributed by atoms with van der Waals surface area (Å²) >= 11 is 1.26. The molecule has 0 spiro atoms. The van der Waals surface area contributed by atoms with E-state index in [4.69, 9.17) is 4.42 Å². The van der Waals surface area contributed by atoms with Crippen LogP contribution in [0.25, 0.3) is 10.2 Å². The minimum Gasteiger partial charge on any atom is -0.443 e. The SMILES string of the molecule is Cc1c(C(=O)N2CCCC[C@H]2c2ncc(Cc3ccc(F)cc3)o2)sc2ncn(C)c(=O)c12. The Morgan fingerprint density at radius 2 is 2.03 bits per heavy atom. The van der Waals surface area contributed by atoms with Crippen molar-refractivity contribution in [3.63, 3.8) is 0 Å². The van der Waals surface area contributed by atoms with Crippen LogP contribution in [0.4, 0.5) is 4.39 Å². The number of benzene rings is 1. The number of amides is 1. The van der Waals surface area contributed by atoms with Gasteiger partial charge in [0.15, 0.2) is 0 Å². The monoisotopic (exact) mass is 466 g/mol. The van der Waals surface area contributed by atoms with E-state index in [-0.39, 0.29) is 23.3 Å². The molecule has 4 aromatic rings. The predicted octanol–water partition coefficient (Wildman–Crippen LogP) is 4.39. The van der Waals surface area contributed by atoms with Gasteiger partial charge in [-0.05, 0) is 49.4 Å². The van der Waals surface area contributed by atoms with Crippen molar-refractivity contribution >= 4 is 27.5 Å². The van der Waals surface area contributed by atoms with Crippen LogP contribution in [0.3, 0.4) is 0 Å². The number of carbonyl (C=O) groups is 1. The molecule has 1 fully saturated rings. The second-order valence-corrected chi connectivity index (χ2v) is 9.37. The number of nitrogens with zero attached hydrogens (tertiary/aromatic N) is 4. The molecule has 1 aliphatic heterocycles. The molecule has 4 heterocycles. The number of fused-ring (bicyclic) bond motifs is 1. The smallest absolute Gasteiger partial charge is 0.264 e. The fourth-order valence-electron chi connectivity index (χ4n) is 4.34. The molecule has 1 aliphatic rings. The number of halogens is 1. The molecule has 9 heteroatoms. The van der Waals surface area contributed by atoms with Crippen LogP contribution < -0.4 is 5.56 Å². The summed E-state index contributed by atoms with van der Waals surface area (Å²) in [6.45, 7) is 2.40. The van der Waals surface area contributed by atoms with E-state index in [2.05, 4.69) is 9.97 Å². The molecular formula is C24H23FN4O3S. The molecule has 0 aliphatic carbocycles. The van der Waals surface area contributed by atoms with Crippen LogP contribution in [0.5, 0.6) is 0 Å². The number of hydrogen-bond donors (Lipinski definition) is 0. The lowest BCUT2D eigenvalue weighted by Gasteiger charge is -2.33.